The molecular formula is C13H13BrN2O. The Bertz CT molecular complexity index is 529. The van der Waals surface area contributed by atoms with Crippen molar-refractivity contribution in [3.8, 4) is 5.75 Å². The number of nitrogens with two attached hydrogens (primary N) is 1. The van der Waals surface area contributed by atoms with Gasteiger partial charge in [-0.1, -0.05) is 15.9 Å². The van der Waals surface area contributed by atoms with E-state index in [1.54, 1.807) is 25.6 Å². The van der Waals surface area contributed by atoms with Crippen molar-refractivity contribution in [1.29, 1.82) is 0 Å². The van der Waals surface area contributed by atoms with Gasteiger partial charge in [0.15, 0.2) is 0 Å². The van der Waals surface area contributed by atoms with Gasteiger partial charge in [0.05, 0.1) is 7.11 Å². The zero-order chi connectivity index (χ0) is 12.3. The first-order valence-electron chi connectivity index (χ1n) is 5.21. The first kappa shape index (κ1) is 11.9. The van der Waals surface area contributed by atoms with E-state index in [0.29, 0.717) is 6.42 Å². The smallest absolute Gasteiger partial charge is 0.122 e. The van der Waals surface area contributed by atoms with E-state index >= 15 is 0 Å². The average molecular weight is 293 g/mol. The van der Waals surface area contributed by atoms with Crippen molar-refractivity contribution in [2.75, 3.05) is 12.8 Å². The van der Waals surface area contributed by atoms with Gasteiger partial charge in [-0.3, -0.25) is 4.98 Å². The third-order valence-electron chi connectivity index (χ3n) is 2.56. The first-order chi connectivity index (χ1) is 8.20. The van der Waals surface area contributed by atoms with Crippen LogP contribution < -0.4 is 10.5 Å². The van der Waals surface area contributed by atoms with Crippen LogP contribution in [0.1, 0.15) is 11.1 Å². The summed E-state index contributed by atoms with van der Waals surface area (Å²) in [5, 5.41) is 0. The van der Waals surface area contributed by atoms with Crippen LogP contribution in [0.3, 0.4) is 0 Å². The summed E-state index contributed by atoms with van der Waals surface area (Å²) in [7, 11) is 1.67. The fourth-order valence-electron chi connectivity index (χ4n) is 1.68. The zero-order valence-electron chi connectivity index (χ0n) is 9.48. The number of ether oxygens (including phenoxy) is 1. The number of nitrogens with zero attached hydrogens (tertiary/aromatic N) is 1. The second-order valence-electron chi connectivity index (χ2n) is 3.71. The van der Waals surface area contributed by atoms with Gasteiger partial charge in [-0.2, -0.15) is 0 Å². The van der Waals surface area contributed by atoms with E-state index in [2.05, 4.69) is 20.9 Å². The second-order valence-corrected chi connectivity index (χ2v) is 4.62. The lowest BCUT2D eigenvalue weighted by atomic mass is 10.0. The van der Waals surface area contributed by atoms with Crippen LogP contribution in [0.25, 0.3) is 0 Å². The number of rotatable bonds is 3. The van der Waals surface area contributed by atoms with Gasteiger partial charge in [0, 0.05) is 29.0 Å². The third-order valence-corrected chi connectivity index (χ3v) is 3.06. The van der Waals surface area contributed by atoms with Crippen LogP contribution in [0.15, 0.2) is 41.1 Å². The summed E-state index contributed by atoms with van der Waals surface area (Å²) in [6, 6.07) is 7.73. The number of pyridine rings is 1. The maximum Gasteiger partial charge on any atom is 0.122 e. The van der Waals surface area contributed by atoms with Crippen molar-refractivity contribution in [2.24, 2.45) is 0 Å². The molecule has 0 bridgehead atoms. The number of methoxy groups -OCH3 is 1. The second kappa shape index (κ2) is 5.19. The molecule has 0 saturated heterocycles. The van der Waals surface area contributed by atoms with Crippen molar-refractivity contribution < 1.29 is 4.74 Å². The van der Waals surface area contributed by atoms with Crippen LogP contribution in [0.5, 0.6) is 5.75 Å². The molecule has 0 fully saturated rings. The summed E-state index contributed by atoms with van der Waals surface area (Å²) in [4.78, 5) is 4.09. The Hall–Kier alpha value is -1.55. The zero-order valence-corrected chi connectivity index (χ0v) is 11.1. The molecule has 2 N–H and O–H groups in total. The Morgan fingerprint density at radius 3 is 2.82 bits per heavy atom. The molecule has 0 atom stereocenters. The van der Waals surface area contributed by atoms with Crippen molar-refractivity contribution in [1.82, 2.24) is 4.98 Å². The quantitative estimate of drug-likeness (QED) is 0.946. The highest BCUT2D eigenvalue weighted by atomic mass is 79.9. The van der Waals surface area contributed by atoms with Crippen LogP contribution in [-0.4, -0.2) is 12.1 Å². The highest BCUT2D eigenvalue weighted by molar-refractivity contribution is 9.10. The van der Waals surface area contributed by atoms with E-state index in [1.165, 1.54) is 0 Å². The van der Waals surface area contributed by atoms with E-state index in [1.807, 2.05) is 18.2 Å². The predicted octanol–water partition coefficient (Wildman–Crippen LogP) is 3.03. The lowest BCUT2D eigenvalue weighted by Crippen LogP contribution is -1.98. The van der Waals surface area contributed by atoms with Gasteiger partial charge in [-0.05, 0) is 35.4 Å². The van der Waals surface area contributed by atoms with Gasteiger partial charge < -0.3 is 10.5 Å². The van der Waals surface area contributed by atoms with Crippen LogP contribution in [0, 0.1) is 0 Å². The molecule has 0 spiro atoms. The van der Waals surface area contributed by atoms with E-state index in [0.717, 1.165) is 27.0 Å². The van der Waals surface area contributed by atoms with Crippen molar-refractivity contribution in [3.05, 3.63) is 52.3 Å². The molecule has 0 saturated carbocycles. The largest absolute Gasteiger partial charge is 0.496 e. The van der Waals surface area contributed by atoms with Crippen molar-refractivity contribution in [3.63, 3.8) is 0 Å². The number of hydrogen-bond donors (Lipinski definition) is 1. The summed E-state index contributed by atoms with van der Waals surface area (Å²) in [6.45, 7) is 0. The van der Waals surface area contributed by atoms with E-state index in [-0.39, 0.29) is 0 Å². The molecule has 3 nitrogen and oxygen atoms in total. The Morgan fingerprint density at radius 1 is 1.29 bits per heavy atom. The molecule has 2 rings (SSSR count). The predicted molar refractivity (Wildman–Crippen MR) is 72.1 cm³/mol. The highest BCUT2D eigenvalue weighted by Crippen LogP contribution is 2.26. The van der Waals surface area contributed by atoms with Crippen molar-refractivity contribution in [2.45, 2.75) is 6.42 Å². The number of benzene rings is 1. The molecule has 2 aromatic rings. The van der Waals surface area contributed by atoms with Crippen LogP contribution >= 0.6 is 15.9 Å². The number of aromatic nitrogens is 1. The number of halogens is 1. The molecule has 1 heterocycles. The maximum absolute atomic E-state index is 5.91. The molecule has 1 aromatic heterocycles. The van der Waals surface area contributed by atoms with Gasteiger partial charge >= 0.3 is 0 Å². The fraction of sp³-hybridized carbons (Fsp3) is 0.154. The fourth-order valence-corrected chi connectivity index (χ4v) is 2.08. The molecule has 4 heteroatoms. The Labute approximate surface area is 109 Å². The minimum Gasteiger partial charge on any atom is -0.496 e. The van der Waals surface area contributed by atoms with Crippen LogP contribution in [0.4, 0.5) is 5.69 Å². The highest BCUT2D eigenvalue weighted by Gasteiger charge is 2.07. The van der Waals surface area contributed by atoms with E-state index in [9.17, 15) is 0 Å². The molecule has 0 aliphatic carbocycles. The lowest BCUT2D eigenvalue weighted by Gasteiger charge is -2.10. The number of nitrogen functional groups attached to an aromatic ring is 1. The summed E-state index contributed by atoms with van der Waals surface area (Å²) in [5.74, 6) is 0.858. The third kappa shape index (κ3) is 2.77. The Morgan fingerprint density at radius 2 is 2.12 bits per heavy atom. The summed E-state index contributed by atoms with van der Waals surface area (Å²) in [6.07, 6.45) is 4.19. The molecule has 0 radical (unpaired) electrons. The minimum absolute atomic E-state index is 0.711. The standard InChI is InChI=1S/C13H13BrN2O/c1-17-13-3-2-11(14)7-9(13)6-10-8-16-5-4-12(10)15/h2-5,7-8H,6H2,1H3,(H2,15,16). The van der Waals surface area contributed by atoms with Gasteiger partial charge in [-0.15, -0.1) is 0 Å². The molecule has 88 valence electrons. The van der Waals surface area contributed by atoms with Gasteiger partial charge in [-0.25, -0.2) is 0 Å². The minimum atomic E-state index is 0.711. The normalized spacial score (nSPS) is 10.2. The maximum atomic E-state index is 5.91. The van der Waals surface area contributed by atoms with E-state index in [4.69, 9.17) is 10.5 Å². The molecule has 17 heavy (non-hydrogen) atoms. The molecule has 1 aromatic carbocycles. The molecule has 0 amide bonds. The Balaban J connectivity index is 2.35. The van der Waals surface area contributed by atoms with Crippen LogP contribution in [-0.2, 0) is 6.42 Å². The molecule has 0 aliphatic rings. The summed E-state index contributed by atoms with van der Waals surface area (Å²) in [5.41, 5.74) is 8.75. The summed E-state index contributed by atoms with van der Waals surface area (Å²) < 4.78 is 6.35. The van der Waals surface area contributed by atoms with Crippen LogP contribution in [0.2, 0.25) is 0 Å². The van der Waals surface area contributed by atoms with Gasteiger partial charge in [0.25, 0.3) is 0 Å². The monoisotopic (exact) mass is 292 g/mol. The topological polar surface area (TPSA) is 48.1 Å². The first-order valence-corrected chi connectivity index (χ1v) is 6.01. The summed E-state index contributed by atoms with van der Waals surface area (Å²) >= 11 is 3.45. The molecular weight excluding hydrogens is 280 g/mol. The van der Waals surface area contributed by atoms with Crippen molar-refractivity contribution >= 4 is 21.6 Å². The van der Waals surface area contributed by atoms with Gasteiger partial charge in [0.2, 0.25) is 0 Å². The SMILES string of the molecule is COc1ccc(Br)cc1Cc1cnccc1N. The molecule has 0 aliphatic heterocycles. The number of anilines is 1. The average Bonchev–Trinajstić information content (AvgIpc) is 2.32. The number of hydrogen-bond acceptors (Lipinski definition) is 3. The van der Waals surface area contributed by atoms with E-state index < -0.39 is 0 Å². The lowest BCUT2D eigenvalue weighted by molar-refractivity contribution is 0.410. The van der Waals surface area contributed by atoms with Gasteiger partial charge in [0.1, 0.15) is 5.75 Å². The molecule has 0 unspecified atom stereocenters. The Kier molecular flexibility index (Phi) is 3.64.